The Morgan fingerprint density at radius 3 is 2.83 bits per heavy atom. The van der Waals surface area contributed by atoms with Gasteiger partial charge in [-0.3, -0.25) is 0 Å². The van der Waals surface area contributed by atoms with Crippen molar-refractivity contribution < 1.29 is 4.52 Å². The molecule has 18 heavy (non-hydrogen) atoms. The predicted molar refractivity (Wildman–Crippen MR) is 67.9 cm³/mol. The van der Waals surface area contributed by atoms with E-state index in [4.69, 9.17) is 10.3 Å². The number of aromatic nitrogens is 3. The second-order valence-corrected chi connectivity index (χ2v) is 5.05. The molecule has 0 aromatic carbocycles. The molecule has 1 saturated carbocycles. The molecule has 2 aromatic rings. The maximum absolute atomic E-state index is 5.96. The molecular formula is C13H18N4O. The lowest BCUT2D eigenvalue weighted by molar-refractivity contribution is 0.220. The average molecular weight is 246 g/mol. The summed E-state index contributed by atoms with van der Waals surface area (Å²) in [6, 6.07) is 3.86. The highest BCUT2D eigenvalue weighted by Gasteiger charge is 2.38. The molecule has 96 valence electrons. The van der Waals surface area contributed by atoms with Crippen LogP contribution in [0.15, 0.2) is 22.9 Å². The van der Waals surface area contributed by atoms with Crippen molar-refractivity contribution in [2.45, 2.75) is 37.5 Å². The number of nitrogens with one attached hydrogen (secondary N) is 1. The lowest BCUT2D eigenvalue weighted by atomic mass is 9.74. The van der Waals surface area contributed by atoms with Gasteiger partial charge < -0.3 is 15.2 Å². The van der Waals surface area contributed by atoms with Crippen LogP contribution in [0.4, 0.5) is 0 Å². The van der Waals surface area contributed by atoms with Gasteiger partial charge in [-0.1, -0.05) is 24.4 Å². The fourth-order valence-electron chi connectivity index (χ4n) is 2.75. The first-order chi connectivity index (χ1) is 8.84. The molecule has 1 aliphatic carbocycles. The van der Waals surface area contributed by atoms with Gasteiger partial charge in [0.25, 0.3) is 0 Å². The maximum atomic E-state index is 5.96. The standard InChI is InChI=1S/C13H18N4O/c14-9-13(6-2-1-3-7-13)12-16-11(17-18-12)10-5-4-8-15-10/h4-5,8,15H,1-3,6-7,9,14H2. The van der Waals surface area contributed by atoms with Crippen LogP contribution in [0.2, 0.25) is 0 Å². The first kappa shape index (κ1) is 11.5. The summed E-state index contributed by atoms with van der Waals surface area (Å²) in [4.78, 5) is 7.61. The van der Waals surface area contributed by atoms with E-state index >= 15 is 0 Å². The normalized spacial score (nSPS) is 18.9. The van der Waals surface area contributed by atoms with Crippen molar-refractivity contribution in [3.8, 4) is 11.5 Å². The highest BCUT2D eigenvalue weighted by Crippen LogP contribution is 2.38. The molecule has 0 amide bonds. The summed E-state index contributed by atoms with van der Waals surface area (Å²) in [5.74, 6) is 1.32. The predicted octanol–water partition coefficient (Wildman–Crippen LogP) is 2.23. The molecule has 1 aliphatic rings. The van der Waals surface area contributed by atoms with E-state index in [1.165, 1.54) is 19.3 Å². The van der Waals surface area contributed by atoms with Crippen molar-refractivity contribution in [3.05, 3.63) is 24.2 Å². The average Bonchev–Trinajstić information content (AvgIpc) is 3.10. The third-order valence-electron chi connectivity index (χ3n) is 3.92. The number of H-pyrrole nitrogens is 1. The zero-order chi connectivity index (χ0) is 12.4. The zero-order valence-electron chi connectivity index (χ0n) is 10.4. The Bertz CT molecular complexity index is 497. The van der Waals surface area contributed by atoms with Crippen molar-refractivity contribution in [2.24, 2.45) is 5.73 Å². The van der Waals surface area contributed by atoms with Gasteiger partial charge in [-0.25, -0.2) is 0 Å². The summed E-state index contributed by atoms with van der Waals surface area (Å²) < 4.78 is 5.46. The summed E-state index contributed by atoms with van der Waals surface area (Å²) in [5, 5.41) is 4.05. The number of hydrogen-bond donors (Lipinski definition) is 2. The van der Waals surface area contributed by atoms with E-state index in [-0.39, 0.29) is 5.41 Å². The molecule has 5 nitrogen and oxygen atoms in total. The van der Waals surface area contributed by atoms with Gasteiger partial charge in [0.15, 0.2) is 0 Å². The van der Waals surface area contributed by atoms with Crippen molar-refractivity contribution in [1.29, 1.82) is 0 Å². The smallest absolute Gasteiger partial charge is 0.234 e. The number of nitrogens with zero attached hydrogens (tertiary/aromatic N) is 2. The number of aromatic amines is 1. The van der Waals surface area contributed by atoms with E-state index in [1.54, 1.807) is 0 Å². The van der Waals surface area contributed by atoms with E-state index in [0.717, 1.165) is 18.5 Å². The molecule has 0 saturated heterocycles. The van der Waals surface area contributed by atoms with E-state index in [9.17, 15) is 0 Å². The number of nitrogens with two attached hydrogens (primary N) is 1. The van der Waals surface area contributed by atoms with E-state index in [1.807, 2.05) is 18.3 Å². The third kappa shape index (κ3) is 1.84. The van der Waals surface area contributed by atoms with E-state index in [2.05, 4.69) is 15.1 Å². The Labute approximate surface area is 106 Å². The Hall–Kier alpha value is -1.62. The minimum Gasteiger partial charge on any atom is -0.359 e. The van der Waals surface area contributed by atoms with Crippen LogP contribution in [-0.4, -0.2) is 21.7 Å². The molecule has 0 spiro atoms. The van der Waals surface area contributed by atoms with Gasteiger partial charge in [-0.2, -0.15) is 4.98 Å². The second-order valence-electron chi connectivity index (χ2n) is 5.05. The van der Waals surface area contributed by atoms with Crippen molar-refractivity contribution in [1.82, 2.24) is 15.1 Å². The maximum Gasteiger partial charge on any atom is 0.234 e. The van der Waals surface area contributed by atoms with Gasteiger partial charge in [0.1, 0.15) is 0 Å². The summed E-state index contributed by atoms with van der Waals surface area (Å²) in [7, 11) is 0. The number of rotatable bonds is 3. The summed E-state index contributed by atoms with van der Waals surface area (Å²) >= 11 is 0. The molecule has 5 heteroatoms. The largest absolute Gasteiger partial charge is 0.359 e. The van der Waals surface area contributed by atoms with Crippen molar-refractivity contribution in [2.75, 3.05) is 6.54 Å². The monoisotopic (exact) mass is 246 g/mol. The molecular weight excluding hydrogens is 228 g/mol. The molecule has 3 N–H and O–H groups in total. The zero-order valence-corrected chi connectivity index (χ0v) is 10.4. The van der Waals surface area contributed by atoms with Crippen LogP contribution in [0, 0.1) is 0 Å². The minimum atomic E-state index is -0.101. The summed E-state index contributed by atoms with van der Waals surface area (Å²) in [6.07, 6.45) is 7.62. The molecule has 0 bridgehead atoms. The molecule has 0 aliphatic heterocycles. The van der Waals surface area contributed by atoms with Gasteiger partial charge in [-0.05, 0) is 25.0 Å². The van der Waals surface area contributed by atoms with Crippen LogP contribution in [0.1, 0.15) is 38.0 Å². The van der Waals surface area contributed by atoms with Crippen LogP contribution in [-0.2, 0) is 5.41 Å². The fourth-order valence-corrected chi connectivity index (χ4v) is 2.75. The molecule has 1 fully saturated rings. The quantitative estimate of drug-likeness (QED) is 0.870. The Kier molecular flexibility index (Phi) is 2.91. The fraction of sp³-hybridized carbons (Fsp3) is 0.538. The topological polar surface area (TPSA) is 80.7 Å². The Balaban J connectivity index is 1.92. The molecule has 3 rings (SSSR count). The van der Waals surface area contributed by atoms with Gasteiger partial charge in [0, 0.05) is 12.7 Å². The molecule has 0 atom stereocenters. The summed E-state index contributed by atoms with van der Waals surface area (Å²) in [6.45, 7) is 0.583. The van der Waals surface area contributed by atoms with Gasteiger partial charge in [-0.15, -0.1) is 0 Å². The van der Waals surface area contributed by atoms with Gasteiger partial charge in [0.2, 0.25) is 11.7 Å². The van der Waals surface area contributed by atoms with E-state index in [0.29, 0.717) is 18.3 Å². The third-order valence-corrected chi connectivity index (χ3v) is 3.92. The minimum absolute atomic E-state index is 0.101. The lowest BCUT2D eigenvalue weighted by Gasteiger charge is -2.32. The SMILES string of the molecule is NCC1(c2nc(-c3ccc[nH]3)no2)CCCCC1. The van der Waals surface area contributed by atoms with Crippen LogP contribution < -0.4 is 5.73 Å². The summed E-state index contributed by atoms with van der Waals surface area (Å²) in [5.41, 5.74) is 6.74. The first-order valence-corrected chi connectivity index (χ1v) is 6.52. The Morgan fingerprint density at radius 1 is 1.33 bits per heavy atom. The van der Waals surface area contributed by atoms with Crippen LogP contribution in [0.3, 0.4) is 0 Å². The Morgan fingerprint density at radius 2 is 2.17 bits per heavy atom. The lowest BCUT2D eigenvalue weighted by Crippen LogP contribution is -2.37. The van der Waals surface area contributed by atoms with Crippen molar-refractivity contribution in [3.63, 3.8) is 0 Å². The van der Waals surface area contributed by atoms with Gasteiger partial charge >= 0.3 is 0 Å². The van der Waals surface area contributed by atoms with Crippen LogP contribution in [0.25, 0.3) is 11.5 Å². The van der Waals surface area contributed by atoms with Crippen LogP contribution >= 0.6 is 0 Å². The van der Waals surface area contributed by atoms with Crippen LogP contribution in [0.5, 0.6) is 0 Å². The van der Waals surface area contributed by atoms with Crippen molar-refractivity contribution >= 4 is 0 Å². The first-order valence-electron chi connectivity index (χ1n) is 6.52. The highest BCUT2D eigenvalue weighted by molar-refractivity contribution is 5.48. The molecule has 0 radical (unpaired) electrons. The highest BCUT2D eigenvalue weighted by atomic mass is 16.5. The molecule has 2 aromatic heterocycles. The number of hydrogen-bond acceptors (Lipinski definition) is 4. The second kappa shape index (κ2) is 4.57. The molecule has 0 unspecified atom stereocenters. The van der Waals surface area contributed by atoms with E-state index < -0.39 is 0 Å². The molecule has 2 heterocycles. The van der Waals surface area contributed by atoms with Gasteiger partial charge in [0.05, 0.1) is 11.1 Å².